The van der Waals surface area contributed by atoms with Crippen LogP contribution in [-0.2, 0) is 19.1 Å². The Labute approximate surface area is 195 Å². The van der Waals surface area contributed by atoms with Crippen molar-refractivity contribution in [2.75, 3.05) is 0 Å². The smallest absolute Gasteiger partial charge is 0.302 e. The first-order valence-corrected chi connectivity index (χ1v) is 12.1. The summed E-state index contributed by atoms with van der Waals surface area (Å²) in [4.78, 5) is 38.6. The zero-order valence-electron chi connectivity index (χ0n) is 20.4. The molecule has 5 rings (SSSR count). The fraction of sp³-hybridized carbons (Fsp3) is 0.607. The van der Waals surface area contributed by atoms with Crippen LogP contribution in [0.1, 0.15) is 72.3 Å². The summed E-state index contributed by atoms with van der Waals surface area (Å²) < 4.78 is 11.4. The number of furan rings is 1. The first-order chi connectivity index (χ1) is 15.4. The molecule has 0 radical (unpaired) electrons. The van der Waals surface area contributed by atoms with Gasteiger partial charge in [-0.15, -0.1) is 0 Å². The summed E-state index contributed by atoms with van der Waals surface area (Å²) in [5.74, 6) is -0.177. The van der Waals surface area contributed by atoms with E-state index in [9.17, 15) is 14.4 Å². The van der Waals surface area contributed by atoms with Gasteiger partial charge in [-0.2, -0.15) is 0 Å². The Morgan fingerprint density at radius 3 is 2.48 bits per heavy atom. The Bertz CT molecular complexity index is 1090. The van der Waals surface area contributed by atoms with Crippen LogP contribution in [0.25, 0.3) is 0 Å². The number of fused-ring (bicyclic) bond motifs is 5. The van der Waals surface area contributed by atoms with Gasteiger partial charge in [0.2, 0.25) is 0 Å². The van der Waals surface area contributed by atoms with Gasteiger partial charge in [-0.3, -0.25) is 14.4 Å². The van der Waals surface area contributed by atoms with Crippen molar-refractivity contribution in [3.05, 3.63) is 48.0 Å². The summed E-state index contributed by atoms with van der Waals surface area (Å²) >= 11 is 0. The minimum Gasteiger partial charge on any atom is -0.472 e. The molecule has 7 atom stereocenters. The number of ether oxygens (including phenoxy) is 1. The van der Waals surface area contributed by atoms with Gasteiger partial charge in [0.25, 0.3) is 0 Å². The quantitative estimate of drug-likeness (QED) is 0.563. The molecule has 5 heteroatoms. The molecule has 4 aliphatic rings. The molecular formula is C28H34O5. The molecule has 2 unspecified atom stereocenters. The second kappa shape index (κ2) is 6.80. The van der Waals surface area contributed by atoms with Crippen LogP contribution in [0.3, 0.4) is 0 Å². The van der Waals surface area contributed by atoms with Crippen molar-refractivity contribution >= 4 is 17.5 Å². The molecule has 0 aromatic carbocycles. The van der Waals surface area contributed by atoms with Gasteiger partial charge in [0.05, 0.1) is 18.4 Å². The topological polar surface area (TPSA) is 73.6 Å². The van der Waals surface area contributed by atoms with Gasteiger partial charge in [-0.05, 0) is 60.3 Å². The van der Waals surface area contributed by atoms with E-state index in [1.54, 1.807) is 18.6 Å². The molecule has 2 saturated carbocycles. The minimum absolute atomic E-state index is 0.0525. The van der Waals surface area contributed by atoms with Crippen LogP contribution in [-0.4, -0.2) is 23.6 Å². The second-order valence-corrected chi connectivity index (χ2v) is 11.9. The first-order valence-electron chi connectivity index (χ1n) is 12.1. The number of carbonyl (C=O) groups excluding carboxylic acids is 3. The summed E-state index contributed by atoms with van der Waals surface area (Å²) in [7, 11) is 0. The van der Waals surface area contributed by atoms with E-state index in [-0.39, 0.29) is 46.1 Å². The van der Waals surface area contributed by atoms with E-state index in [2.05, 4.69) is 26.8 Å². The molecule has 0 N–H and O–H groups in total. The molecule has 2 fully saturated rings. The maximum Gasteiger partial charge on any atom is 0.302 e. The third-order valence-corrected chi connectivity index (χ3v) is 9.99. The Hall–Kier alpha value is -2.43. The van der Waals surface area contributed by atoms with Crippen molar-refractivity contribution in [3.63, 3.8) is 0 Å². The van der Waals surface area contributed by atoms with E-state index in [0.29, 0.717) is 6.42 Å². The van der Waals surface area contributed by atoms with Gasteiger partial charge < -0.3 is 9.15 Å². The number of allylic oxidation sites excluding steroid dienone is 3. The zero-order chi connectivity index (χ0) is 24.0. The molecule has 1 aromatic rings. The lowest BCUT2D eigenvalue weighted by Crippen LogP contribution is -2.64. The van der Waals surface area contributed by atoms with Crippen LogP contribution >= 0.6 is 0 Å². The molecular weight excluding hydrogens is 416 g/mol. The van der Waals surface area contributed by atoms with Crippen LogP contribution in [0, 0.1) is 33.5 Å². The average Bonchev–Trinajstić information content (AvgIpc) is 3.32. The average molecular weight is 451 g/mol. The van der Waals surface area contributed by atoms with Gasteiger partial charge in [-0.1, -0.05) is 40.7 Å². The van der Waals surface area contributed by atoms with E-state index in [4.69, 9.17) is 9.15 Å². The van der Waals surface area contributed by atoms with Crippen molar-refractivity contribution < 1.29 is 23.5 Å². The lowest BCUT2D eigenvalue weighted by Gasteiger charge is -2.66. The fourth-order valence-electron chi connectivity index (χ4n) is 8.44. The fourth-order valence-corrected chi connectivity index (χ4v) is 8.44. The SMILES string of the molecule is CC(=O)O[C@@H]1CC2C(C)(C)C(=O)C=C[C@]2(C)C2CC[C@]3(C)C(=CC(=O)[C@@H]3c3ccoc3)[C@@]21C. The monoisotopic (exact) mass is 450 g/mol. The Balaban J connectivity index is 1.68. The molecule has 0 amide bonds. The van der Waals surface area contributed by atoms with E-state index in [1.807, 2.05) is 26.0 Å². The lowest BCUT2D eigenvalue weighted by atomic mass is 9.38. The molecule has 1 heterocycles. The minimum atomic E-state index is -0.539. The van der Waals surface area contributed by atoms with E-state index >= 15 is 0 Å². The number of esters is 1. The number of carbonyl (C=O) groups is 3. The maximum absolute atomic E-state index is 13.4. The van der Waals surface area contributed by atoms with Crippen molar-refractivity contribution in [3.8, 4) is 0 Å². The largest absolute Gasteiger partial charge is 0.472 e. The third-order valence-electron chi connectivity index (χ3n) is 9.99. The number of hydrogen-bond acceptors (Lipinski definition) is 5. The summed E-state index contributed by atoms with van der Waals surface area (Å²) in [6, 6.07) is 1.89. The first kappa shape index (κ1) is 22.4. The molecule has 4 aliphatic carbocycles. The third kappa shape index (κ3) is 2.74. The van der Waals surface area contributed by atoms with Crippen LogP contribution in [0.15, 0.2) is 46.8 Å². The summed E-state index contributed by atoms with van der Waals surface area (Å²) in [5, 5.41) is 0. The zero-order valence-corrected chi connectivity index (χ0v) is 20.4. The highest BCUT2D eigenvalue weighted by molar-refractivity contribution is 6.01. The van der Waals surface area contributed by atoms with Crippen LogP contribution in [0.2, 0.25) is 0 Å². The Morgan fingerprint density at radius 2 is 1.85 bits per heavy atom. The van der Waals surface area contributed by atoms with Crippen molar-refractivity contribution in [2.24, 2.45) is 33.5 Å². The molecule has 5 nitrogen and oxygen atoms in total. The predicted molar refractivity (Wildman–Crippen MR) is 123 cm³/mol. The van der Waals surface area contributed by atoms with E-state index in [1.165, 1.54) is 6.92 Å². The standard InChI is InChI=1S/C28H34O5/c1-16(29)33-23-14-20-25(2,3)22(31)8-11-26(20,4)19-7-10-27(5)21(28(19,23)6)13-18(30)24(27)17-9-12-32-15-17/h8-9,11-13,15,19-20,23-24H,7,10,14H2,1-6H3/t19?,20?,23-,24+,26-,27-,28-/m1/s1. The Morgan fingerprint density at radius 1 is 1.12 bits per heavy atom. The highest BCUT2D eigenvalue weighted by atomic mass is 16.5. The number of hydrogen-bond donors (Lipinski definition) is 0. The highest BCUT2D eigenvalue weighted by Crippen LogP contribution is 2.72. The van der Waals surface area contributed by atoms with Crippen molar-refractivity contribution in [1.29, 1.82) is 0 Å². The van der Waals surface area contributed by atoms with Crippen molar-refractivity contribution in [2.45, 2.75) is 72.8 Å². The summed E-state index contributed by atoms with van der Waals surface area (Å²) in [6.45, 7) is 12.1. The van der Waals surface area contributed by atoms with Crippen LogP contribution in [0.5, 0.6) is 0 Å². The van der Waals surface area contributed by atoms with Gasteiger partial charge in [0, 0.05) is 28.7 Å². The molecule has 1 aromatic heterocycles. The summed E-state index contributed by atoms with van der Waals surface area (Å²) in [6.07, 6.45) is 11.0. The Kier molecular flexibility index (Phi) is 4.61. The number of ketones is 2. The molecule has 0 aliphatic heterocycles. The molecule has 0 spiro atoms. The second-order valence-electron chi connectivity index (χ2n) is 11.9. The van der Waals surface area contributed by atoms with Gasteiger partial charge in [-0.25, -0.2) is 0 Å². The number of rotatable bonds is 2. The highest BCUT2D eigenvalue weighted by Gasteiger charge is 2.69. The van der Waals surface area contributed by atoms with Crippen LogP contribution in [0.4, 0.5) is 0 Å². The van der Waals surface area contributed by atoms with E-state index < -0.39 is 16.9 Å². The summed E-state index contributed by atoms with van der Waals surface area (Å²) in [5.41, 5.74) is 0.363. The van der Waals surface area contributed by atoms with Crippen molar-refractivity contribution in [1.82, 2.24) is 0 Å². The van der Waals surface area contributed by atoms with Gasteiger partial charge in [0.1, 0.15) is 6.10 Å². The van der Waals surface area contributed by atoms with Gasteiger partial charge >= 0.3 is 5.97 Å². The van der Waals surface area contributed by atoms with Crippen LogP contribution < -0.4 is 0 Å². The molecule has 0 bridgehead atoms. The maximum atomic E-state index is 13.4. The molecule has 33 heavy (non-hydrogen) atoms. The predicted octanol–water partition coefficient (Wildman–Crippen LogP) is 5.42. The molecule has 0 saturated heterocycles. The lowest BCUT2D eigenvalue weighted by molar-refractivity contribution is -0.187. The van der Waals surface area contributed by atoms with E-state index in [0.717, 1.165) is 24.0 Å². The molecule has 176 valence electrons. The van der Waals surface area contributed by atoms with Gasteiger partial charge in [0.15, 0.2) is 11.6 Å². The normalized spacial score (nSPS) is 43.4.